The van der Waals surface area contributed by atoms with Crippen molar-refractivity contribution in [3.63, 3.8) is 0 Å². The molecule has 1 aromatic carbocycles. The standard InChI is InChI=1S/C9H11BF3O2.K/c1-14-8-2-4-9(5-3-8)15-7-6-10(11,12)13;/h2-5H,6-7H2,1H3;/q-1;+1. The maximum atomic E-state index is 11.8. The van der Waals surface area contributed by atoms with E-state index in [2.05, 4.69) is 0 Å². The van der Waals surface area contributed by atoms with Crippen LogP contribution in [-0.4, -0.2) is 20.7 Å². The van der Waals surface area contributed by atoms with E-state index in [0.29, 0.717) is 11.5 Å². The van der Waals surface area contributed by atoms with Crippen LogP contribution >= 0.6 is 0 Å². The molecule has 0 fully saturated rings. The van der Waals surface area contributed by atoms with Crippen molar-refractivity contribution in [1.82, 2.24) is 0 Å². The molecule has 0 aliphatic carbocycles. The van der Waals surface area contributed by atoms with Gasteiger partial charge >= 0.3 is 58.4 Å². The van der Waals surface area contributed by atoms with Gasteiger partial charge in [0, 0.05) is 0 Å². The molecule has 0 saturated carbocycles. The molecule has 0 aliphatic rings. The molecular weight excluding hydrogens is 247 g/mol. The van der Waals surface area contributed by atoms with E-state index in [1.54, 1.807) is 24.3 Å². The Labute approximate surface area is 135 Å². The number of hydrogen-bond acceptors (Lipinski definition) is 2. The minimum Gasteiger partial charge on any atom is -0.497 e. The Bertz CT molecular complexity index is 303. The van der Waals surface area contributed by atoms with Gasteiger partial charge in [-0.15, -0.1) is 0 Å². The summed E-state index contributed by atoms with van der Waals surface area (Å²) in [4.78, 5) is 0. The van der Waals surface area contributed by atoms with Gasteiger partial charge < -0.3 is 22.4 Å². The minimum atomic E-state index is -4.76. The van der Waals surface area contributed by atoms with Gasteiger partial charge in [-0.3, -0.25) is 0 Å². The van der Waals surface area contributed by atoms with Gasteiger partial charge in [0.25, 0.3) is 0 Å². The molecule has 0 unspecified atom stereocenters. The summed E-state index contributed by atoms with van der Waals surface area (Å²) >= 11 is 0. The molecule has 0 atom stereocenters. The fourth-order valence-corrected chi connectivity index (χ4v) is 0.982. The second-order valence-electron chi connectivity index (χ2n) is 3.02. The largest absolute Gasteiger partial charge is 1.00 e. The summed E-state index contributed by atoms with van der Waals surface area (Å²) in [6, 6.07) is 6.41. The summed E-state index contributed by atoms with van der Waals surface area (Å²) in [6.07, 6.45) is -0.883. The van der Waals surface area contributed by atoms with Crippen LogP contribution in [0.1, 0.15) is 0 Å². The molecule has 0 heterocycles. The SMILES string of the molecule is COc1ccc(OCC[B-](F)(F)F)cc1.[K+]. The molecule has 0 N–H and O–H groups in total. The summed E-state index contributed by atoms with van der Waals surface area (Å²) in [5.74, 6) is 1.05. The summed E-state index contributed by atoms with van der Waals surface area (Å²) in [6.45, 7) is -5.10. The molecule has 0 aliphatic heterocycles. The third-order valence-corrected chi connectivity index (χ3v) is 1.77. The Hall–Kier alpha value is 0.311. The van der Waals surface area contributed by atoms with Crippen LogP contribution in [0.25, 0.3) is 0 Å². The Kier molecular flexibility index (Phi) is 7.75. The van der Waals surface area contributed by atoms with Crippen molar-refractivity contribution in [3.05, 3.63) is 24.3 Å². The van der Waals surface area contributed by atoms with Crippen LogP contribution in [-0.2, 0) is 0 Å². The molecule has 1 rings (SSSR count). The van der Waals surface area contributed by atoms with Crippen LogP contribution in [0.3, 0.4) is 0 Å². The second-order valence-corrected chi connectivity index (χ2v) is 3.02. The van der Waals surface area contributed by atoms with Crippen molar-refractivity contribution in [2.45, 2.75) is 6.32 Å². The van der Waals surface area contributed by atoms with Crippen LogP contribution in [0.15, 0.2) is 24.3 Å². The number of methoxy groups -OCH3 is 1. The third kappa shape index (κ3) is 6.80. The van der Waals surface area contributed by atoms with E-state index >= 15 is 0 Å². The van der Waals surface area contributed by atoms with Crippen molar-refractivity contribution in [2.24, 2.45) is 0 Å². The summed E-state index contributed by atoms with van der Waals surface area (Å²) < 4.78 is 45.3. The molecule has 84 valence electrons. The van der Waals surface area contributed by atoms with Crippen molar-refractivity contribution in [1.29, 1.82) is 0 Å². The number of hydrogen-bond donors (Lipinski definition) is 0. The van der Waals surface area contributed by atoms with Gasteiger partial charge in [0.2, 0.25) is 0 Å². The average molecular weight is 258 g/mol. The van der Waals surface area contributed by atoms with E-state index in [-0.39, 0.29) is 58.0 Å². The van der Waals surface area contributed by atoms with E-state index < -0.39 is 13.3 Å². The third-order valence-electron chi connectivity index (χ3n) is 1.77. The molecule has 0 aromatic heterocycles. The van der Waals surface area contributed by atoms with Gasteiger partial charge in [-0.05, 0) is 24.3 Å². The molecule has 0 radical (unpaired) electrons. The zero-order chi connectivity index (χ0) is 11.3. The summed E-state index contributed by atoms with van der Waals surface area (Å²) in [5, 5.41) is 0. The molecule has 2 nitrogen and oxygen atoms in total. The van der Waals surface area contributed by atoms with E-state index in [9.17, 15) is 12.9 Å². The zero-order valence-electron chi connectivity index (χ0n) is 9.25. The maximum absolute atomic E-state index is 11.8. The molecule has 7 heteroatoms. The Morgan fingerprint density at radius 1 is 1.06 bits per heavy atom. The monoisotopic (exact) mass is 258 g/mol. The average Bonchev–Trinajstić information content (AvgIpc) is 2.17. The van der Waals surface area contributed by atoms with Gasteiger partial charge in [-0.2, -0.15) is 0 Å². The molecule has 0 spiro atoms. The second kappa shape index (κ2) is 7.60. The summed E-state index contributed by atoms with van der Waals surface area (Å²) in [7, 11) is 1.52. The molecule has 16 heavy (non-hydrogen) atoms. The topological polar surface area (TPSA) is 18.5 Å². The Morgan fingerprint density at radius 3 is 2.00 bits per heavy atom. The number of ether oxygens (including phenoxy) is 2. The minimum absolute atomic E-state index is 0. The first-order valence-electron chi connectivity index (χ1n) is 4.49. The number of benzene rings is 1. The van der Waals surface area contributed by atoms with Crippen LogP contribution < -0.4 is 60.9 Å². The molecule has 0 saturated heterocycles. The van der Waals surface area contributed by atoms with Gasteiger partial charge in [0.05, 0.1) is 13.7 Å². The first-order valence-corrected chi connectivity index (χ1v) is 4.49. The van der Waals surface area contributed by atoms with Crippen LogP contribution in [0.5, 0.6) is 11.5 Å². The van der Waals surface area contributed by atoms with E-state index in [4.69, 9.17) is 9.47 Å². The van der Waals surface area contributed by atoms with Gasteiger partial charge in [0.1, 0.15) is 11.5 Å². The van der Waals surface area contributed by atoms with E-state index in [1.165, 1.54) is 7.11 Å². The van der Waals surface area contributed by atoms with Crippen molar-refractivity contribution in [2.75, 3.05) is 13.7 Å². The first kappa shape index (κ1) is 16.3. The van der Waals surface area contributed by atoms with E-state index in [1.807, 2.05) is 0 Å². The van der Waals surface area contributed by atoms with Crippen molar-refractivity contribution in [3.8, 4) is 11.5 Å². The van der Waals surface area contributed by atoms with Crippen LogP contribution in [0.4, 0.5) is 12.9 Å². The fraction of sp³-hybridized carbons (Fsp3) is 0.333. The first-order chi connectivity index (χ1) is 7.01. The van der Waals surface area contributed by atoms with Crippen LogP contribution in [0, 0.1) is 0 Å². The predicted octanol–water partition coefficient (Wildman–Crippen LogP) is -0.0746. The Balaban J connectivity index is 0.00000225. The van der Waals surface area contributed by atoms with Gasteiger partial charge in [0.15, 0.2) is 0 Å². The van der Waals surface area contributed by atoms with Crippen LogP contribution in [0.2, 0.25) is 6.32 Å². The van der Waals surface area contributed by atoms with E-state index in [0.717, 1.165) is 0 Å². The molecule has 0 bridgehead atoms. The predicted molar refractivity (Wildman–Crippen MR) is 52.4 cm³/mol. The fourth-order valence-electron chi connectivity index (χ4n) is 0.982. The normalized spacial score (nSPS) is 10.5. The van der Waals surface area contributed by atoms with Gasteiger partial charge in [-0.25, -0.2) is 0 Å². The number of halogens is 3. The van der Waals surface area contributed by atoms with Crippen molar-refractivity contribution < 1.29 is 73.8 Å². The molecule has 0 amide bonds. The quantitative estimate of drug-likeness (QED) is 0.688. The molecular formula is C9H11BF3KO2. The number of rotatable bonds is 5. The van der Waals surface area contributed by atoms with Gasteiger partial charge in [-0.1, -0.05) is 6.32 Å². The van der Waals surface area contributed by atoms with Crippen molar-refractivity contribution >= 4 is 6.98 Å². The molecule has 1 aromatic rings. The maximum Gasteiger partial charge on any atom is 1.00 e. The Morgan fingerprint density at radius 2 is 1.56 bits per heavy atom. The summed E-state index contributed by atoms with van der Waals surface area (Å²) in [5.41, 5.74) is 0. The zero-order valence-corrected chi connectivity index (χ0v) is 12.4. The smallest absolute Gasteiger partial charge is 0.497 e.